The van der Waals surface area contributed by atoms with Crippen molar-refractivity contribution in [1.82, 2.24) is 4.98 Å². The molecule has 1 saturated carbocycles. The standard InChI is InChI=1S/C27H28FNO4.C8H11N/c1-2-33-25(32)16-21(31)15-20(30)13-14-23-26(17-9-11-19(28)12-10-17)22-5-3-4-6-24(22)29-27(23)18-7-8-18;1-7(9)8-5-3-2-4-6-8/h3-6,9-14,18,20-21,30-31H,2,7-8,15-16H2,1H3;2-7H,9H2,1H3/b14-13+;/t20-,21-;7-/m01/s1. The summed E-state index contributed by atoms with van der Waals surface area (Å²) in [6.07, 6.45) is 3.47. The van der Waals surface area contributed by atoms with Crippen molar-refractivity contribution < 1.29 is 24.1 Å². The fraction of sp³-hybridized carbons (Fsp3) is 0.314. The van der Waals surface area contributed by atoms with Gasteiger partial charge >= 0.3 is 5.97 Å². The van der Waals surface area contributed by atoms with E-state index in [4.69, 9.17) is 15.5 Å². The first-order valence-electron chi connectivity index (χ1n) is 14.5. The highest BCUT2D eigenvalue weighted by molar-refractivity contribution is 5.99. The lowest BCUT2D eigenvalue weighted by atomic mass is 9.92. The van der Waals surface area contributed by atoms with Gasteiger partial charge in [0.2, 0.25) is 0 Å². The van der Waals surface area contributed by atoms with E-state index in [9.17, 15) is 19.4 Å². The zero-order valence-corrected chi connectivity index (χ0v) is 24.1. The summed E-state index contributed by atoms with van der Waals surface area (Å²) in [7, 11) is 0. The minimum absolute atomic E-state index is 0.0148. The lowest BCUT2D eigenvalue weighted by Crippen LogP contribution is -2.20. The van der Waals surface area contributed by atoms with Gasteiger partial charge in [-0.25, -0.2) is 4.39 Å². The molecular formula is C35H39FN2O4. The Balaban J connectivity index is 0.000000385. The van der Waals surface area contributed by atoms with Crippen molar-refractivity contribution in [2.24, 2.45) is 5.73 Å². The number of aliphatic hydroxyl groups excluding tert-OH is 2. The SMILES string of the molecule is CCOC(=O)C[C@@H](O)C[C@@H](O)/C=C/c1c(C2CC2)nc2ccccc2c1-c1ccc(F)cc1.C[C@@H](N)c1ccccc1. The molecule has 7 heteroatoms. The Morgan fingerprint density at radius 3 is 2.33 bits per heavy atom. The molecule has 0 bridgehead atoms. The molecule has 1 aromatic heterocycles. The number of carbonyl (C=O) groups excluding carboxylic acids is 1. The van der Waals surface area contributed by atoms with Crippen molar-refractivity contribution in [1.29, 1.82) is 0 Å². The summed E-state index contributed by atoms with van der Waals surface area (Å²) in [4.78, 5) is 16.5. The zero-order chi connectivity index (χ0) is 30.1. The Morgan fingerprint density at radius 1 is 1.05 bits per heavy atom. The van der Waals surface area contributed by atoms with E-state index < -0.39 is 18.2 Å². The fourth-order valence-electron chi connectivity index (χ4n) is 4.83. The van der Waals surface area contributed by atoms with Gasteiger partial charge in [0.25, 0.3) is 0 Å². The number of ether oxygens (including phenoxy) is 1. The van der Waals surface area contributed by atoms with E-state index >= 15 is 0 Å². The summed E-state index contributed by atoms with van der Waals surface area (Å²) in [5, 5.41) is 21.6. The van der Waals surface area contributed by atoms with Gasteiger partial charge in [-0.05, 0) is 56.0 Å². The molecule has 5 rings (SSSR count). The highest BCUT2D eigenvalue weighted by atomic mass is 19.1. The molecule has 1 aliphatic rings. The molecule has 4 aromatic rings. The van der Waals surface area contributed by atoms with Gasteiger partial charge in [0.05, 0.1) is 36.4 Å². The van der Waals surface area contributed by atoms with Gasteiger partial charge in [-0.2, -0.15) is 0 Å². The number of hydrogen-bond donors (Lipinski definition) is 3. The normalized spacial score (nSPS) is 15.1. The molecule has 1 fully saturated rings. The van der Waals surface area contributed by atoms with Crippen LogP contribution < -0.4 is 5.73 Å². The Morgan fingerprint density at radius 2 is 1.71 bits per heavy atom. The zero-order valence-electron chi connectivity index (χ0n) is 24.1. The number of halogens is 1. The predicted octanol–water partition coefficient (Wildman–Crippen LogP) is 6.70. The molecule has 0 saturated heterocycles. The second-order valence-corrected chi connectivity index (χ2v) is 10.6. The summed E-state index contributed by atoms with van der Waals surface area (Å²) in [6, 6.07) is 24.5. The van der Waals surface area contributed by atoms with Crippen molar-refractivity contribution in [3.63, 3.8) is 0 Å². The number of aromatic nitrogens is 1. The lowest BCUT2D eigenvalue weighted by Gasteiger charge is -2.16. The van der Waals surface area contributed by atoms with Gasteiger partial charge in [0, 0.05) is 34.9 Å². The maximum absolute atomic E-state index is 13.6. The molecule has 42 heavy (non-hydrogen) atoms. The van der Waals surface area contributed by atoms with E-state index in [0.29, 0.717) is 5.92 Å². The number of pyridine rings is 1. The molecule has 0 aliphatic heterocycles. The number of aliphatic hydroxyl groups is 2. The van der Waals surface area contributed by atoms with Crippen LogP contribution in [0.3, 0.4) is 0 Å². The van der Waals surface area contributed by atoms with Crippen LogP contribution in [0.2, 0.25) is 0 Å². The lowest BCUT2D eigenvalue weighted by molar-refractivity contribution is -0.145. The van der Waals surface area contributed by atoms with Gasteiger partial charge in [-0.1, -0.05) is 72.8 Å². The Labute approximate surface area is 246 Å². The third-order valence-electron chi connectivity index (χ3n) is 7.09. The van der Waals surface area contributed by atoms with Crippen LogP contribution in [-0.4, -0.2) is 40.0 Å². The number of carbonyl (C=O) groups is 1. The summed E-state index contributed by atoms with van der Waals surface area (Å²) < 4.78 is 18.5. The molecule has 1 heterocycles. The molecule has 0 spiro atoms. The number of hydrogen-bond acceptors (Lipinski definition) is 6. The van der Waals surface area contributed by atoms with E-state index in [0.717, 1.165) is 46.1 Å². The average Bonchev–Trinajstić information content (AvgIpc) is 3.82. The largest absolute Gasteiger partial charge is 0.466 e. The highest BCUT2D eigenvalue weighted by Crippen LogP contribution is 2.45. The predicted molar refractivity (Wildman–Crippen MR) is 165 cm³/mol. The first-order valence-corrected chi connectivity index (χ1v) is 14.5. The van der Waals surface area contributed by atoms with Crippen LogP contribution in [0.25, 0.3) is 28.1 Å². The van der Waals surface area contributed by atoms with E-state index in [1.54, 1.807) is 25.1 Å². The molecule has 4 N–H and O–H groups in total. The molecular weight excluding hydrogens is 531 g/mol. The van der Waals surface area contributed by atoms with Crippen molar-refractivity contribution in [3.8, 4) is 11.1 Å². The molecule has 220 valence electrons. The Kier molecular flexibility index (Phi) is 11.0. The number of rotatable bonds is 10. The minimum Gasteiger partial charge on any atom is -0.466 e. The summed E-state index contributed by atoms with van der Waals surface area (Å²) in [6.45, 7) is 3.93. The fourth-order valence-corrected chi connectivity index (χ4v) is 4.83. The number of nitrogens with zero attached hydrogens (tertiary/aromatic N) is 1. The number of benzene rings is 3. The first kappa shape index (κ1) is 31.0. The van der Waals surface area contributed by atoms with Crippen molar-refractivity contribution in [3.05, 3.63) is 108 Å². The maximum Gasteiger partial charge on any atom is 0.308 e. The summed E-state index contributed by atoms with van der Waals surface area (Å²) >= 11 is 0. The van der Waals surface area contributed by atoms with Gasteiger partial charge < -0.3 is 20.7 Å². The topological polar surface area (TPSA) is 106 Å². The van der Waals surface area contributed by atoms with Crippen molar-refractivity contribution in [2.75, 3.05) is 6.61 Å². The van der Waals surface area contributed by atoms with Gasteiger partial charge in [0.15, 0.2) is 0 Å². The van der Waals surface area contributed by atoms with Crippen LogP contribution in [-0.2, 0) is 9.53 Å². The number of esters is 1. The first-order chi connectivity index (χ1) is 20.3. The Bertz CT molecular complexity index is 1480. The quantitative estimate of drug-likeness (QED) is 0.183. The monoisotopic (exact) mass is 570 g/mol. The maximum atomic E-state index is 13.6. The van der Waals surface area contributed by atoms with E-state index in [2.05, 4.69) is 0 Å². The molecule has 0 unspecified atom stereocenters. The van der Waals surface area contributed by atoms with Crippen LogP contribution in [0.5, 0.6) is 0 Å². The molecule has 3 aromatic carbocycles. The summed E-state index contributed by atoms with van der Waals surface area (Å²) in [5.41, 5.74) is 11.3. The highest BCUT2D eigenvalue weighted by Gasteiger charge is 2.29. The molecule has 0 radical (unpaired) electrons. The van der Waals surface area contributed by atoms with Crippen LogP contribution in [0.1, 0.15) is 68.3 Å². The molecule has 3 atom stereocenters. The third-order valence-corrected chi connectivity index (χ3v) is 7.09. The number of nitrogens with two attached hydrogens (primary N) is 1. The van der Waals surface area contributed by atoms with Gasteiger partial charge in [-0.3, -0.25) is 9.78 Å². The van der Waals surface area contributed by atoms with Gasteiger partial charge in [0.1, 0.15) is 5.82 Å². The van der Waals surface area contributed by atoms with E-state index in [-0.39, 0.29) is 31.3 Å². The minimum atomic E-state index is -1.00. The van der Waals surface area contributed by atoms with Crippen LogP contribution in [0.15, 0.2) is 84.9 Å². The van der Waals surface area contributed by atoms with Crippen molar-refractivity contribution >= 4 is 22.9 Å². The number of para-hydroxylation sites is 1. The van der Waals surface area contributed by atoms with Crippen molar-refractivity contribution in [2.45, 2.75) is 63.7 Å². The van der Waals surface area contributed by atoms with E-state index in [1.165, 1.54) is 17.7 Å². The third kappa shape index (κ3) is 8.55. The molecule has 0 amide bonds. The van der Waals surface area contributed by atoms with Gasteiger partial charge in [-0.15, -0.1) is 0 Å². The van der Waals surface area contributed by atoms with Crippen LogP contribution in [0.4, 0.5) is 4.39 Å². The average molecular weight is 571 g/mol. The smallest absolute Gasteiger partial charge is 0.308 e. The summed E-state index contributed by atoms with van der Waals surface area (Å²) in [5.74, 6) is -0.447. The van der Waals surface area contributed by atoms with Crippen LogP contribution in [0, 0.1) is 5.82 Å². The molecule has 6 nitrogen and oxygen atoms in total. The number of fused-ring (bicyclic) bond motifs is 1. The Hall–Kier alpha value is -3.91. The van der Waals surface area contributed by atoms with E-state index in [1.807, 2.05) is 67.6 Å². The second-order valence-electron chi connectivity index (χ2n) is 10.6. The molecule has 1 aliphatic carbocycles. The second kappa shape index (κ2) is 14.8. The van der Waals surface area contributed by atoms with Crippen LogP contribution >= 0.6 is 0 Å².